The molecule has 2 rings (SSSR count). The summed E-state index contributed by atoms with van der Waals surface area (Å²) in [7, 11) is 0. The van der Waals surface area contributed by atoms with Crippen molar-refractivity contribution < 1.29 is 17.9 Å². The molecule has 0 aliphatic heterocycles. The quantitative estimate of drug-likeness (QED) is 0.300. The number of hydrogen-bond donors (Lipinski definition) is 2. The molecule has 0 aliphatic rings. The number of aliphatic imine (C=N–C) groups is 1. The van der Waals surface area contributed by atoms with Gasteiger partial charge in [-0.05, 0) is 25.0 Å². The predicted octanol–water partition coefficient (Wildman–Crippen LogP) is 4.57. The summed E-state index contributed by atoms with van der Waals surface area (Å²) in [5, 5.41) is 7.46. The van der Waals surface area contributed by atoms with Crippen molar-refractivity contribution in [2.24, 2.45) is 4.99 Å². The Bertz CT molecular complexity index is 735. The fraction of sp³-hybridized carbons (Fsp3) is 0.444. The molecule has 0 unspecified atom stereocenters. The van der Waals surface area contributed by atoms with E-state index >= 15 is 0 Å². The van der Waals surface area contributed by atoms with Crippen molar-refractivity contribution in [3.8, 4) is 0 Å². The summed E-state index contributed by atoms with van der Waals surface area (Å²) >= 11 is 0.971. The van der Waals surface area contributed by atoms with Gasteiger partial charge in [0, 0.05) is 18.5 Å². The number of nitrogens with zero attached hydrogens (tertiary/aromatic N) is 2. The summed E-state index contributed by atoms with van der Waals surface area (Å²) in [5.41, 5.74) is 1.26. The highest BCUT2D eigenvalue weighted by atomic mass is 127. The number of aromatic nitrogens is 1. The zero-order valence-electron chi connectivity index (χ0n) is 15.7. The molecule has 10 heteroatoms. The molecule has 0 saturated carbocycles. The van der Waals surface area contributed by atoms with Gasteiger partial charge in [-0.1, -0.05) is 24.3 Å². The van der Waals surface area contributed by atoms with Gasteiger partial charge in [0.1, 0.15) is 5.01 Å². The average Bonchev–Trinajstić information content (AvgIpc) is 3.12. The van der Waals surface area contributed by atoms with Crippen LogP contribution in [0, 0.1) is 0 Å². The Morgan fingerprint density at radius 1 is 1.14 bits per heavy atom. The number of guanidine groups is 1. The molecule has 0 atom stereocenters. The topological polar surface area (TPSA) is 58.5 Å². The number of alkyl halides is 3. The van der Waals surface area contributed by atoms with Gasteiger partial charge in [0.15, 0.2) is 11.7 Å². The summed E-state index contributed by atoms with van der Waals surface area (Å²) in [5.74, 6) is 0.527. The SMILES string of the molecule is CCNC(=NCc1ccc(COCC)cc1)NCc1nc(C(F)(F)F)cs1.I. The number of thiazole rings is 1. The number of hydrogen-bond acceptors (Lipinski definition) is 4. The molecule has 0 spiro atoms. The maximum atomic E-state index is 12.6. The molecule has 1 aromatic heterocycles. The highest BCUT2D eigenvalue weighted by Crippen LogP contribution is 2.29. The van der Waals surface area contributed by atoms with Gasteiger partial charge in [-0.15, -0.1) is 35.3 Å². The summed E-state index contributed by atoms with van der Waals surface area (Å²) < 4.78 is 43.2. The first kappa shape index (κ1) is 24.6. The standard InChI is InChI=1S/C18H23F3N4OS.HI/c1-3-22-17(24-10-16-25-15(12-27-16)18(19,20)21)23-9-13-5-7-14(8-6-13)11-26-4-2;/h5-8,12H,3-4,9-11H2,1-2H3,(H2,22,23,24);1H. The minimum absolute atomic E-state index is 0. The molecule has 1 heterocycles. The van der Waals surface area contributed by atoms with Crippen LogP contribution in [0.3, 0.4) is 0 Å². The highest BCUT2D eigenvalue weighted by Gasteiger charge is 2.33. The molecule has 0 amide bonds. The Labute approximate surface area is 183 Å². The minimum atomic E-state index is -4.42. The normalized spacial score (nSPS) is 11.8. The van der Waals surface area contributed by atoms with E-state index in [1.165, 1.54) is 0 Å². The predicted molar refractivity (Wildman–Crippen MR) is 116 cm³/mol. The van der Waals surface area contributed by atoms with E-state index in [-0.39, 0.29) is 30.5 Å². The number of benzene rings is 1. The minimum Gasteiger partial charge on any atom is -0.377 e. The molecule has 5 nitrogen and oxygen atoms in total. The second kappa shape index (κ2) is 12.2. The van der Waals surface area contributed by atoms with Crippen molar-refractivity contribution in [1.82, 2.24) is 15.6 Å². The van der Waals surface area contributed by atoms with Crippen LogP contribution in [0.1, 0.15) is 35.7 Å². The molecule has 0 saturated heterocycles. The van der Waals surface area contributed by atoms with Gasteiger partial charge >= 0.3 is 6.18 Å². The largest absolute Gasteiger partial charge is 0.434 e. The molecular formula is C18H24F3IN4OS. The van der Waals surface area contributed by atoms with Crippen molar-refractivity contribution in [3.63, 3.8) is 0 Å². The van der Waals surface area contributed by atoms with Crippen LogP contribution >= 0.6 is 35.3 Å². The third-order valence-corrected chi connectivity index (χ3v) is 4.36. The first-order valence-electron chi connectivity index (χ1n) is 8.61. The lowest BCUT2D eigenvalue weighted by atomic mass is 10.1. The number of rotatable bonds is 8. The van der Waals surface area contributed by atoms with E-state index in [1.807, 2.05) is 38.1 Å². The van der Waals surface area contributed by atoms with Crippen LogP contribution in [0.4, 0.5) is 13.2 Å². The number of halogens is 4. The maximum absolute atomic E-state index is 12.6. The van der Waals surface area contributed by atoms with Crippen LogP contribution in [0.5, 0.6) is 0 Å². The lowest BCUT2D eigenvalue weighted by molar-refractivity contribution is -0.140. The van der Waals surface area contributed by atoms with Crippen molar-refractivity contribution >= 4 is 41.3 Å². The zero-order valence-corrected chi connectivity index (χ0v) is 18.8. The van der Waals surface area contributed by atoms with Crippen molar-refractivity contribution in [2.45, 2.75) is 39.7 Å². The average molecular weight is 528 g/mol. The summed E-state index contributed by atoms with van der Waals surface area (Å²) in [4.78, 5) is 8.07. The fourth-order valence-electron chi connectivity index (χ4n) is 2.15. The molecule has 2 N–H and O–H groups in total. The molecule has 0 fully saturated rings. The van der Waals surface area contributed by atoms with E-state index in [2.05, 4.69) is 20.6 Å². The Kier molecular flexibility index (Phi) is 10.8. The van der Waals surface area contributed by atoms with E-state index < -0.39 is 11.9 Å². The molecule has 0 radical (unpaired) electrons. The second-order valence-electron chi connectivity index (χ2n) is 5.63. The van der Waals surface area contributed by atoms with Crippen LogP contribution in [0.15, 0.2) is 34.6 Å². The van der Waals surface area contributed by atoms with E-state index in [0.717, 1.165) is 27.8 Å². The van der Waals surface area contributed by atoms with Crippen molar-refractivity contribution in [2.75, 3.05) is 13.2 Å². The van der Waals surface area contributed by atoms with E-state index in [1.54, 1.807) is 0 Å². The van der Waals surface area contributed by atoms with E-state index in [4.69, 9.17) is 4.74 Å². The summed E-state index contributed by atoms with van der Waals surface area (Å²) in [6.45, 7) is 6.41. The van der Waals surface area contributed by atoms with Crippen LogP contribution in [-0.4, -0.2) is 24.1 Å². The van der Waals surface area contributed by atoms with Gasteiger partial charge in [-0.2, -0.15) is 13.2 Å². The monoisotopic (exact) mass is 528 g/mol. The van der Waals surface area contributed by atoms with Crippen molar-refractivity contribution in [3.05, 3.63) is 51.5 Å². The fourth-order valence-corrected chi connectivity index (χ4v) is 2.90. The van der Waals surface area contributed by atoms with Crippen LogP contribution in [0.2, 0.25) is 0 Å². The first-order chi connectivity index (χ1) is 12.9. The van der Waals surface area contributed by atoms with Gasteiger partial charge in [0.25, 0.3) is 0 Å². The lowest BCUT2D eigenvalue weighted by Crippen LogP contribution is -2.36. The van der Waals surface area contributed by atoms with Crippen LogP contribution in [-0.2, 0) is 30.6 Å². The van der Waals surface area contributed by atoms with Crippen LogP contribution < -0.4 is 10.6 Å². The molecule has 0 aliphatic carbocycles. The van der Waals surface area contributed by atoms with Gasteiger partial charge in [0.2, 0.25) is 0 Å². The Balaban J connectivity index is 0.00000392. The second-order valence-corrected chi connectivity index (χ2v) is 6.57. The van der Waals surface area contributed by atoms with Crippen molar-refractivity contribution in [1.29, 1.82) is 0 Å². The molecular weight excluding hydrogens is 504 g/mol. The first-order valence-corrected chi connectivity index (χ1v) is 9.49. The summed E-state index contributed by atoms with van der Waals surface area (Å²) in [6, 6.07) is 7.96. The number of nitrogens with one attached hydrogen (secondary N) is 2. The van der Waals surface area contributed by atoms with E-state index in [9.17, 15) is 13.2 Å². The molecule has 1 aromatic carbocycles. The lowest BCUT2D eigenvalue weighted by Gasteiger charge is -2.10. The third kappa shape index (κ3) is 8.31. The molecule has 156 valence electrons. The Hall–Kier alpha value is -1.40. The highest BCUT2D eigenvalue weighted by molar-refractivity contribution is 14.0. The third-order valence-electron chi connectivity index (χ3n) is 3.51. The molecule has 28 heavy (non-hydrogen) atoms. The Morgan fingerprint density at radius 3 is 2.39 bits per heavy atom. The summed E-state index contributed by atoms with van der Waals surface area (Å²) in [6.07, 6.45) is -4.42. The molecule has 0 bridgehead atoms. The molecule has 2 aromatic rings. The smallest absolute Gasteiger partial charge is 0.377 e. The van der Waals surface area contributed by atoms with Crippen LogP contribution in [0.25, 0.3) is 0 Å². The van der Waals surface area contributed by atoms with Gasteiger partial charge < -0.3 is 15.4 Å². The maximum Gasteiger partial charge on any atom is 0.434 e. The van der Waals surface area contributed by atoms with Gasteiger partial charge in [-0.3, -0.25) is 0 Å². The van der Waals surface area contributed by atoms with E-state index in [0.29, 0.717) is 37.3 Å². The van der Waals surface area contributed by atoms with Gasteiger partial charge in [-0.25, -0.2) is 9.98 Å². The zero-order chi connectivity index (χ0) is 19.7. The van der Waals surface area contributed by atoms with Gasteiger partial charge in [0.05, 0.1) is 19.7 Å². The Morgan fingerprint density at radius 2 is 1.82 bits per heavy atom. The number of ether oxygens (including phenoxy) is 1.